The molecule has 0 aliphatic rings. The number of fused-ring (bicyclic) bond motifs is 1. The molecule has 0 radical (unpaired) electrons. The van der Waals surface area contributed by atoms with Crippen LogP contribution in [0, 0.1) is 6.92 Å². The lowest BCUT2D eigenvalue weighted by atomic mass is 10.1. The van der Waals surface area contributed by atoms with Crippen LogP contribution in [0.25, 0.3) is 11.0 Å². The van der Waals surface area contributed by atoms with Gasteiger partial charge in [-0.3, -0.25) is 4.79 Å². The van der Waals surface area contributed by atoms with E-state index in [4.69, 9.17) is 4.74 Å². The minimum Gasteiger partial charge on any atom is -0.465 e. The maximum absolute atomic E-state index is 12.0. The van der Waals surface area contributed by atoms with Crippen LogP contribution in [0.3, 0.4) is 0 Å². The molecule has 106 valence electrons. The normalized spacial score (nSPS) is 10.8. The van der Waals surface area contributed by atoms with Gasteiger partial charge in [0.05, 0.1) is 30.4 Å². The molecular formula is C13H15N3O4. The van der Waals surface area contributed by atoms with E-state index in [1.807, 2.05) is 0 Å². The molecule has 2 aromatic rings. The van der Waals surface area contributed by atoms with Gasteiger partial charge in [0.2, 0.25) is 0 Å². The van der Waals surface area contributed by atoms with Gasteiger partial charge in [-0.15, -0.1) is 0 Å². The second kappa shape index (κ2) is 5.79. The number of nitrogens with one attached hydrogen (secondary N) is 1. The van der Waals surface area contributed by atoms with Crippen molar-refractivity contribution in [1.82, 2.24) is 15.0 Å². The van der Waals surface area contributed by atoms with Crippen LogP contribution in [0.1, 0.15) is 21.9 Å². The van der Waals surface area contributed by atoms with Crippen molar-refractivity contribution >= 4 is 17.0 Å². The SMILES string of the molecule is COCCc1nc2nc(C)c(C(=O)OC)cc2c(=O)[nH]1. The second-order valence-electron chi connectivity index (χ2n) is 4.24. The average Bonchev–Trinajstić information content (AvgIpc) is 2.43. The van der Waals surface area contributed by atoms with Crippen molar-refractivity contribution in [2.24, 2.45) is 0 Å². The topological polar surface area (TPSA) is 94.2 Å². The Morgan fingerprint density at radius 2 is 2.10 bits per heavy atom. The first-order valence-electron chi connectivity index (χ1n) is 6.04. The summed E-state index contributed by atoms with van der Waals surface area (Å²) >= 11 is 0. The highest BCUT2D eigenvalue weighted by molar-refractivity contribution is 5.94. The molecular weight excluding hydrogens is 262 g/mol. The molecule has 2 rings (SSSR count). The summed E-state index contributed by atoms with van der Waals surface area (Å²) in [6.45, 7) is 2.12. The van der Waals surface area contributed by atoms with Crippen molar-refractivity contribution in [3.63, 3.8) is 0 Å². The lowest BCUT2D eigenvalue weighted by molar-refractivity contribution is 0.0599. The van der Waals surface area contributed by atoms with Crippen molar-refractivity contribution in [2.45, 2.75) is 13.3 Å². The van der Waals surface area contributed by atoms with Crippen molar-refractivity contribution < 1.29 is 14.3 Å². The van der Waals surface area contributed by atoms with E-state index in [9.17, 15) is 9.59 Å². The molecule has 2 heterocycles. The molecule has 0 bridgehead atoms. The number of methoxy groups -OCH3 is 2. The summed E-state index contributed by atoms with van der Waals surface area (Å²) in [5.41, 5.74) is 0.709. The average molecular weight is 277 g/mol. The van der Waals surface area contributed by atoms with E-state index < -0.39 is 5.97 Å². The molecule has 0 saturated heterocycles. The zero-order valence-corrected chi connectivity index (χ0v) is 11.5. The Bertz CT molecular complexity index is 709. The quantitative estimate of drug-likeness (QED) is 0.822. The third-order valence-corrected chi connectivity index (χ3v) is 2.88. The van der Waals surface area contributed by atoms with Gasteiger partial charge in [-0.25, -0.2) is 14.8 Å². The van der Waals surface area contributed by atoms with Gasteiger partial charge in [-0.1, -0.05) is 0 Å². The molecule has 0 saturated carbocycles. The largest absolute Gasteiger partial charge is 0.465 e. The number of esters is 1. The Kier molecular flexibility index (Phi) is 4.09. The first-order chi connectivity index (χ1) is 9.56. The fourth-order valence-corrected chi connectivity index (χ4v) is 1.83. The summed E-state index contributed by atoms with van der Waals surface area (Å²) in [6, 6.07) is 1.45. The molecule has 7 heteroatoms. The number of aromatic nitrogens is 3. The first kappa shape index (κ1) is 14.1. The van der Waals surface area contributed by atoms with Crippen molar-refractivity contribution in [3.05, 3.63) is 33.5 Å². The fraction of sp³-hybridized carbons (Fsp3) is 0.385. The van der Waals surface area contributed by atoms with E-state index in [0.717, 1.165) is 0 Å². The molecule has 2 aromatic heterocycles. The molecule has 1 N–H and O–H groups in total. The molecule has 0 aromatic carbocycles. The summed E-state index contributed by atoms with van der Waals surface area (Å²) in [6.07, 6.45) is 0.487. The monoisotopic (exact) mass is 277 g/mol. The first-order valence-corrected chi connectivity index (χ1v) is 6.04. The number of ether oxygens (including phenoxy) is 2. The van der Waals surface area contributed by atoms with E-state index in [0.29, 0.717) is 30.2 Å². The highest BCUT2D eigenvalue weighted by atomic mass is 16.5. The van der Waals surface area contributed by atoms with E-state index >= 15 is 0 Å². The predicted octanol–water partition coefficient (Wildman–Crippen LogP) is 0.602. The standard InChI is InChI=1S/C13H15N3O4/c1-7-8(13(18)20-3)6-9-11(14-7)15-10(4-5-19-2)16-12(9)17/h6H,4-5H2,1-3H3,(H,14,15,16,17). The number of aryl methyl sites for hydroxylation is 1. The Labute approximate surface area is 115 Å². The number of hydrogen-bond acceptors (Lipinski definition) is 6. The predicted molar refractivity (Wildman–Crippen MR) is 71.8 cm³/mol. The summed E-state index contributed by atoms with van der Waals surface area (Å²) in [5, 5.41) is 0.261. The Morgan fingerprint density at radius 3 is 2.75 bits per heavy atom. The Morgan fingerprint density at radius 1 is 1.35 bits per heavy atom. The van der Waals surface area contributed by atoms with E-state index in [1.54, 1.807) is 14.0 Å². The fourth-order valence-electron chi connectivity index (χ4n) is 1.83. The highest BCUT2D eigenvalue weighted by Crippen LogP contribution is 2.13. The number of carbonyl (C=O) groups is 1. The van der Waals surface area contributed by atoms with Crippen molar-refractivity contribution in [2.75, 3.05) is 20.8 Å². The van der Waals surface area contributed by atoms with Crippen LogP contribution in [0.15, 0.2) is 10.9 Å². The minimum absolute atomic E-state index is 0.261. The second-order valence-corrected chi connectivity index (χ2v) is 4.24. The lowest BCUT2D eigenvalue weighted by Crippen LogP contribution is -2.16. The van der Waals surface area contributed by atoms with Gasteiger partial charge in [-0.05, 0) is 13.0 Å². The van der Waals surface area contributed by atoms with Gasteiger partial charge in [0.25, 0.3) is 5.56 Å². The van der Waals surface area contributed by atoms with Crippen LogP contribution in [-0.2, 0) is 15.9 Å². The number of pyridine rings is 1. The van der Waals surface area contributed by atoms with E-state index in [-0.39, 0.29) is 16.5 Å². The van der Waals surface area contributed by atoms with Crippen molar-refractivity contribution in [1.29, 1.82) is 0 Å². The van der Waals surface area contributed by atoms with E-state index in [1.165, 1.54) is 13.2 Å². The zero-order valence-electron chi connectivity index (χ0n) is 11.5. The summed E-state index contributed by atoms with van der Waals surface area (Å²) < 4.78 is 9.60. The lowest BCUT2D eigenvalue weighted by Gasteiger charge is -2.06. The zero-order chi connectivity index (χ0) is 14.7. The number of aromatic amines is 1. The van der Waals surface area contributed by atoms with Crippen LogP contribution >= 0.6 is 0 Å². The van der Waals surface area contributed by atoms with Gasteiger partial charge < -0.3 is 14.5 Å². The Balaban J connectivity index is 2.57. The van der Waals surface area contributed by atoms with Crippen LogP contribution in [0.4, 0.5) is 0 Å². The molecule has 0 spiro atoms. The number of hydrogen-bond donors (Lipinski definition) is 1. The molecule has 20 heavy (non-hydrogen) atoms. The molecule has 7 nitrogen and oxygen atoms in total. The number of H-pyrrole nitrogens is 1. The maximum atomic E-state index is 12.0. The van der Waals surface area contributed by atoms with Gasteiger partial charge in [0.1, 0.15) is 5.82 Å². The maximum Gasteiger partial charge on any atom is 0.339 e. The van der Waals surface area contributed by atoms with Crippen LogP contribution in [0.5, 0.6) is 0 Å². The minimum atomic E-state index is -0.528. The van der Waals surface area contributed by atoms with Crippen LogP contribution in [-0.4, -0.2) is 41.7 Å². The number of rotatable bonds is 4. The highest BCUT2D eigenvalue weighted by Gasteiger charge is 2.14. The number of carbonyl (C=O) groups excluding carboxylic acids is 1. The van der Waals surface area contributed by atoms with Gasteiger partial charge in [0.15, 0.2) is 5.65 Å². The molecule has 0 unspecified atom stereocenters. The van der Waals surface area contributed by atoms with Gasteiger partial charge in [-0.2, -0.15) is 0 Å². The molecule has 0 fully saturated rings. The summed E-state index contributed by atoms with van der Waals surface area (Å²) in [5.74, 6) is -0.0261. The van der Waals surface area contributed by atoms with Gasteiger partial charge >= 0.3 is 5.97 Å². The number of nitrogens with zero attached hydrogens (tertiary/aromatic N) is 2. The van der Waals surface area contributed by atoms with Crippen LogP contribution in [0.2, 0.25) is 0 Å². The summed E-state index contributed by atoms with van der Waals surface area (Å²) in [4.78, 5) is 34.7. The third kappa shape index (κ3) is 2.67. The molecule has 0 atom stereocenters. The smallest absolute Gasteiger partial charge is 0.339 e. The Hall–Kier alpha value is -2.28. The van der Waals surface area contributed by atoms with E-state index in [2.05, 4.69) is 19.7 Å². The molecule has 0 amide bonds. The third-order valence-electron chi connectivity index (χ3n) is 2.88. The van der Waals surface area contributed by atoms with Crippen LogP contribution < -0.4 is 5.56 Å². The molecule has 0 aliphatic carbocycles. The summed E-state index contributed by atoms with van der Waals surface area (Å²) in [7, 11) is 2.85. The van der Waals surface area contributed by atoms with Crippen molar-refractivity contribution in [3.8, 4) is 0 Å². The molecule has 0 aliphatic heterocycles. The van der Waals surface area contributed by atoms with Gasteiger partial charge in [0, 0.05) is 13.5 Å².